The first-order valence-electron chi connectivity index (χ1n) is 3.73. The van der Waals surface area contributed by atoms with Crippen LogP contribution in [0.15, 0.2) is 11.0 Å². The van der Waals surface area contributed by atoms with Crippen LogP contribution in [0.2, 0.25) is 20.1 Å². The van der Waals surface area contributed by atoms with Crippen molar-refractivity contribution in [3.05, 3.63) is 36.6 Å². The normalized spacial score (nSPS) is 10.9. The summed E-state index contributed by atoms with van der Waals surface area (Å²) >= 11 is 23.4. The maximum absolute atomic E-state index is 11.0. The number of rotatable bonds is 0. The van der Waals surface area contributed by atoms with Crippen molar-refractivity contribution in [3.63, 3.8) is 0 Å². The molecule has 0 saturated heterocycles. The number of nitrogens with zero attached hydrogens (tertiary/aromatic N) is 1. The van der Waals surface area contributed by atoms with Crippen LogP contribution in [-0.2, 0) is 0 Å². The number of nitrogens with one attached hydrogen (secondary N) is 1. The third-order valence-corrected chi connectivity index (χ3v) is 3.59. The molecule has 0 aliphatic carbocycles. The Bertz CT molecular complexity index is 608. The Labute approximate surface area is 104 Å². The summed E-state index contributed by atoms with van der Waals surface area (Å²) in [5.74, 6) is 0. The molecule has 2 rings (SSSR count). The molecule has 0 aliphatic heterocycles. The summed E-state index contributed by atoms with van der Waals surface area (Å²) in [7, 11) is 0. The van der Waals surface area contributed by atoms with Gasteiger partial charge in [-0.1, -0.05) is 46.4 Å². The lowest BCUT2D eigenvalue weighted by molar-refractivity contribution is 1.22. The van der Waals surface area contributed by atoms with Gasteiger partial charge in [-0.2, -0.15) is 0 Å². The summed E-state index contributed by atoms with van der Waals surface area (Å²) in [6, 6.07) is 0. The van der Waals surface area contributed by atoms with Crippen LogP contribution >= 0.6 is 46.4 Å². The van der Waals surface area contributed by atoms with E-state index in [1.807, 2.05) is 0 Å². The van der Waals surface area contributed by atoms with E-state index in [1.54, 1.807) is 0 Å². The lowest BCUT2D eigenvalue weighted by Crippen LogP contribution is -2.05. The van der Waals surface area contributed by atoms with Gasteiger partial charge in [-0.15, -0.1) is 0 Å². The number of hydrogen-bond donors (Lipinski definition) is 1. The Hall–Kier alpha value is -0.480. The van der Waals surface area contributed by atoms with E-state index >= 15 is 0 Å². The highest BCUT2D eigenvalue weighted by Gasteiger charge is 2.16. The molecule has 78 valence electrons. The van der Waals surface area contributed by atoms with Crippen LogP contribution < -0.4 is 5.56 Å². The van der Waals surface area contributed by atoms with Gasteiger partial charge in [0.25, 0.3) is 5.56 Å². The topological polar surface area (TPSA) is 45.8 Å². The van der Waals surface area contributed by atoms with Crippen molar-refractivity contribution in [1.82, 2.24) is 9.97 Å². The number of hydrogen-bond acceptors (Lipinski definition) is 2. The molecule has 0 bridgehead atoms. The molecule has 1 heterocycles. The quantitative estimate of drug-likeness (QED) is 0.594. The van der Waals surface area contributed by atoms with Crippen molar-refractivity contribution < 1.29 is 0 Å². The minimum absolute atomic E-state index is 0.0967. The smallest absolute Gasteiger partial charge is 0.266 e. The van der Waals surface area contributed by atoms with E-state index in [0.29, 0.717) is 5.52 Å². The summed E-state index contributed by atoms with van der Waals surface area (Å²) in [5.41, 5.74) is 0.207. The summed E-state index contributed by atoms with van der Waals surface area (Å²) in [6.45, 7) is 0. The zero-order chi connectivity index (χ0) is 11.2. The molecule has 0 atom stereocenters. The molecule has 0 saturated carbocycles. The van der Waals surface area contributed by atoms with E-state index in [-0.39, 0.29) is 31.2 Å². The largest absolute Gasteiger partial charge is 0.318 e. The van der Waals surface area contributed by atoms with E-state index < -0.39 is 0 Å². The van der Waals surface area contributed by atoms with Gasteiger partial charge in [-0.25, -0.2) is 4.98 Å². The maximum Gasteiger partial charge on any atom is 0.266 e. The predicted molar refractivity (Wildman–Crippen MR) is 62.4 cm³/mol. The van der Waals surface area contributed by atoms with Gasteiger partial charge in [-0.3, -0.25) is 4.79 Å². The lowest BCUT2D eigenvalue weighted by Gasteiger charge is -2.06. The molecule has 0 spiro atoms. The van der Waals surface area contributed by atoms with E-state index in [4.69, 9.17) is 46.4 Å². The molecule has 0 radical (unpaired) electrons. The van der Waals surface area contributed by atoms with E-state index in [9.17, 15) is 4.79 Å². The highest BCUT2D eigenvalue weighted by atomic mass is 35.5. The second kappa shape index (κ2) is 3.83. The highest BCUT2D eigenvalue weighted by molar-refractivity contribution is 6.54. The Kier molecular flexibility index (Phi) is 2.81. The van der Waals surface area contributed by atoms with Crippen LogP contribution in [0, 0.1) is 0 Å². The zero-order valence-electron chi connectivity index (χ0n) is 6.94. The van der Waals surface area contributed by atoms with Gasteiger partial charge in [0.1, 0.15) is 5.52 Å². The van der Waals surface area contributed by atoms with Gasteiger partial charge in [0, 0.05) is 0 Å². The van der Waals surface area contributed by atoms with Crippen LogP contribution in [0.1, 0.15) is 0 Å². The Morgan fingerprint density at radius 1 is 1.00 bits per heavy atom. The minimum Gasteiger partial charge on any atom is -0.318 e. The summed E-state index contributed by atoms with van der Waals surface area (Å²) < 4.78 is 0. The average Bonchev–Trinajstić information content (AvgIpc) is 2.23. The van der Waals surface area contributed by atoms with Crippen molar-refractivity contribution >= 4 is 57.4 Å². The first-order valence-corrected chi connectivity index (χ1v) is 5.24. The first-order chi connectivity index (χ1) is 7.02. The second-order valence-electron chi connectivity index (χ2n) is 2.73. The molecule has 1 N–H and O–H groups in total. The van der Waals surface area contributed by atoms with Gasteiger partial charge in [0.15, 0.2) is 0 Å². The van der Waals surface area contributed by atoms with Crippen LogP contribution in [0.4, 0.5) is 0 Å². The van der Waals surface area contributed by atoms with Crippen molar-refractivity contribution in [1.29, 1.82) is 0 Å². The summed E-state index contributed by atoms with van der Waals surface area (Å²) in [5, 5.41) is 0.512. The fraction of sp³-hybridized carbons (Fsp3) is 0. The SMILES string of the molecule is O=c1cnc2c(Cl)c(Cl)c(Cl)c(Cl)c2[nH]1. The van der Waals surface area contributed by atoms with Gasteiger partial charge in [0.05, 0.1) is 31.8 Å². The van der Waals surface area contributed by atoms with Crippen LogP contribution in [0.3, 0.4) is 0 Å². The Balaban J connectivity index is 3.07. The van der Waals surface area contributed by atoms with Gasteiger partial charge < -0.3 is 4.98 Å². The molecule has 15 heavy (non-hydrogen) atoms. The van der Waals surface area contributed by atoms with Crippen molar-refractivity contribution in [2.75, 3.05) is 0 Å². The fourth-order valence-electron chi connectivity index (χ4n) is 1.13. The molecule has 1 aromatic heterocycles. The lowest BCUT2D eigenvalue weighted by atomic mass is 10.3. The average molecular weight is 284 g/mol. The summed E-state index contributed by atoms with van der Waals surface area (Å²) in [6.07, 6.45) is 1.09. The monoisotopic (exact) mass is 282 g/mol. The number of aromatic nitrogens is 2. The van der Waals surface area contributed by atoms with Crippen LogP contribution in [0.25, 0.3) is 11.0 Å². The number of halogens is 4. The second-order valence-corrected chi connectivity index (χ2v) is 4.24. The van der Waals surface area contributed by atoms with Crippen LogP contribution in [-0.4, -0.2) is 9.97 Å². The summed E-state index contributed by atoms with van der Waals surface area (Å²) in [4.78, 5) is 17.4. The number of benzene rings is 1. The number of fused-ring (bicyclic) bond motifs is 1. The fourth-order valence-corrected chi connectivity index (χ4v) is 2.07. The van der Waals surface area contributed by atoms with Gasteiger partial charge in [0.2, 0.25) is 0 Å². The molecule has 0 fully saturated rings. The van der Waals surface area contributed by atoms with Crippen molar-refractivity contribution in [3.8, 4) is 0 Å². The van der Waals surface area contributed by atoms with Crippen LogP contribution in [0.5, 0.6) is 0 Å². The molecule has 1 aromatic carbocycles. The first kappa shape index (κ1) is 11.0. The molecule has 0 amide bonds. The Morgan fingerprint density at radius 2 is 1.60 bits per heavy atom. The molecule has 7 heteroatoms. The van der Waals surface area contributed by atoms with E-state index in [0.717, 1.165) is 6.20 Å². The van der Waals surface area contributed by atoms with Crippen molar-refractivity contribution in [2.45, 2.75) is 0 Å². The van der Waals surface area contributed by atoms with E-state index in [2.05, 4.69) is 9.97 Å². The molecule has 2 aromatic rings. The molecule has 3 nitrogen and oxygen atoms in total. The predicted octanol–water partition coefficient (Wildman–Crippen LogP) is 3.54. The Morgan fingerprint density at radius 3 is 2.27 bits per heavy atom. The number of aromatic amines is 1. The molecule has 0 unspecified atom stereocenters. The van der Waals surface area contributed by atoms with Crippen molar-refractivity contribution in [2.24, 2.45) is 0 Å². The molecule has 0 aliphatic rings. The third-order valence-electron chi connectivity index (χ3n) is 1.80. The molecular weight excluding hydrogens is 282 g/mol. The standard InChI is InChI=1S/C8H2Cl4N2O/c9-3-4(10)6(12)8-7(5(3)11)13-1-2(15)14-8/h1H,(H,14,15). The minimum atomic E-state index is -0.390. The number of H-pyrrole nitrogens is 1. The zero-order valence-corrected chi connectivity index (χ0v) is 9.97. The third kappa shape index (κ3) is 1.70. The maximum atomic E-state index is 11.0. The highest BCUT2D eigenvalue weighted by Crippen LogP contribution is 2.40. The van der Waals surface area contributed by atoms with E-state index in [1.165, 1.54) is 0 Å². The molecular formula is C8H2Cl4N2O. The van der Waals surface area contributed by atoms with Gasteiger partial charge in [-0.05, 0) is 0 Å². The van der Waals surface area contributed by atoms with Gasteiger partial charge >= 0.3 is 0 Å².